The first-order chi connectivity index (χ1) is 35.3. The van der Waals surface area contributed by atoms with E-state index in [0.717, 1.165) is 0 Å². The van der Waals surface area contributed by atoms with Crippen LogP contribution in [0.5, 0.6) is 0 Å². The first-order valence-electron chi connectivity index (χ1n) is 34.1. The van der Waals surface area contributed by atoms with Crippen molar-refractivity contribution in [3.05, 3.63) is 0 Å². The van der Waals surface area contributed by atoms with Crippen LogP contribution in [0.4, 0.5) is 0 Å². The summed E-state index contributed by atoms with van der Waals surface area (Å²) in [5.41, 5.74) is 0. The summed E-state index contributed by atoms with van der Waals surface area (Å²) in [5, 5.41) is 0. The number of hydrogen-bond acceptors (Lipinski definition) is 4. The van der Waals surface area contributed by atoms with Gasteiger partial charge in [-0.2, -0.15) is 0 Å². The van der Waals surface area contributed by atoms with Crippen LogP contribution in [0.1, 0.15) is 364 Å². The first kappa shape index (κ1) is 70.7. The zero-order valence-corrected chi connectivity index (χ0v) is 55.2. The summed E-state index contributed by atoms with van der Waals surface area (Å²) in [6.07, 6.45) is 64.4. The normalized spacial score (nSPS) is 16.3. The van der Waals surface area contributed by atoms with Gasteiger partial charge in [0.1, 0.15) is 0 Å². The van der Waals surface area contributed by atoms with Crippen molar-refractivity contribution in [3.8, 4) is 0 Å². The van der Waals surface area contributed by atoms with Gasteiger partial charge < -0.3 is 16.5 Å². The van der Waals surface area contributed by atoms with Crippen LogP contribution in [0.15, 0.2) is 0 Å². The van der Waals surface area contributed by atoms with E-state index < -0.39 is 34.2 Å². The molecular formula is C64H136O4Si4. The highest BCUT2D eigenvalue weighted by Crippen LogP contribution is 2.47. The van der Waals surface area contributed by atoms with E-state index >= 15 is 0 Å². The van der Waals surface area contributed by atoms with Gasteiger partial charge in [-0.15, -0.1) is 0 Å². The number of unbranched alkanes of at least 4 members (excludes halogenated alkanes) is 40. The van der Waals surface area contributed by atoms with Gasteiger partial charge in [-0.1, -0.05) is 364 Å². The molecule has 0 amide bonds. The molecule has 1 fully saturated rings. The summed E-state index contributed by atoms with van der Waals surface area (Å²) < 4.78 is 35.0. The van der Waals surface area contributed by atoms with E-state index in [1.807, 2.05) is 0 Å². The third kappa shape index (κ3) is 36.7. The second kappa shape index (κ2) is 50.0. The van der Waals surface area contributed by atoms with Gasteiger partial charge in [0.2, 0.25) is 0 Å². The van der Waals surface area contributed by atoms with Gasteiger partial charge in [0.05, 0.1) is 0 Å². The Morgan fingerprint density at radius 2 is 0.236 bits per heavy atom. The van der Waals surface area contributed by atoms with Gasteiger partial charge in [-0.05, 0) is 48.4 Å². The van der Waals surface area contributed by atoms with Crippen LogP contribution in [0.25, 0.3) is 0 Å². The highest BCUT2D eigenvalue weighted by Gasteiger charge is 2.61. The maximum Gasteiger partial charge on any atom is 0.320 e. The Morgan fingerprint density at radius 1 is 0.139 bits per heavy atom. The minimum absolute atomic E-state index is 1.19. The first-order valence-corrected chi connectivity index (χ1v) is 43.0. The fraction of sp³-hybridized carbons (Fsp3) is 1.00. The average Bonchev–Trinajstić information content (AvgIpc) is 3.37. The lowest BCUT2D eigenvalue weighted by Crippen LogP contribution is -2.70. The molecule has 0 aliphatic carbocycles. The lowest BCUT2D eigenvalue weighted by atomic mass is 10.1. The van der Waals surface area contributed by atoms with Crippen LogP contribution < -0.4 is 0 Å². The van der Waals surface area contributed by atoms with E-state index in [1.165, 1.54) is 357 Å². The van der Waals surface area contributed by atoms with E-state index in [2.05, 4.69) is 55.4 Å². The molecule has 0 aromatic rings. The van der Waals surface area contributed by atoms with Gasteiger partial charge in [0, 0.05) is 0 Å². The van der Waals surface area contributed by atoms with Crippen molar-refractivity contribution in [3.63, 3.8) is 0 Å². The Bertz CT molecular complexity index is 862. The Kier molecular flexibility index (Phi) is 49.1. The summed E-state index contributed by atoms with van der Waals surface area (Å²) >= 11 is 0. The molecule has 8 heteroatoms. The molecular weight excluding hydrogens is 945 g/mol. The van der Waals surface area contributed by atoms with Crippen LogP contribution in [0.2, 0.25) is 48.4 Å². The lowest BCUT2D eigenvalue weighted by Gasteiger charge is -2.54. The monoisotopic (exact) mass is 1080 g/mol. The highest BCUT2D eigenvalue weighted by molar-refractivity contribution is 6.95. The quantitative estimate of drug-likeness (QED) is 0.0449. The van der Waals surface area contributed by atoms with Crippen molar-refractivity contribution in [2.24, 2.45) is 0 Å². The summed E-state index contributed by atoms with van der Waals surface area (Å²) in [4.78, 5) is 0. The molecule has 0 spiro atoms. The second-order valence-corrected chi connectivity index (χ2v) is 38.7. The molecule has 1 saturated heterocycles. The van der Waals surface area contributed by atoms with Crippen LogP contribution in [-0.4, -0.2) is 34.2 Å². The molecule has 72 heavy (non-hydrogen) atoms. The minimum atomic E-state index is -2.77. The number of hydrogen-bond donors (Lipinski definition) is 0. The van der Waals surface area contributed by atoms with Gasteiger partial charge in [-0.25, -0.2) is 0 Å². The van der Waals surface area contributed by atoms with Gasteiger partial charge in [-0.3, -0.25) is 0 Å². The SMILES string of the molecule is CCCCCCCC[Si]1(CCCCCCCC)O[Si](CCCCCCCC)(CCCCCCCC)O[Si](CCCCCCCC)(CCCCCCCC)O[Si](CCCCCCCC)(CCCCCCCC)O1. The van der Waals surface area contributed by atoms with E-state index in [1.54, 1.807) is 0 Å². The minimum Gasteiger partial charge on any atom is -0.415 e. The highest BCUT2D eigenvalue weighted by atomic mass is 28.5. The van der Waals surface area contributed by atoms with E-state index in [4.69, 9.17) is 16.5 Å². The van der Waals surface area contributed by atoms with Crippen molar-refractivity contribution in [2.45, 2.75) is 412 Å². The maximum absolute atomic E-state index is 8.75. The van der Waals surface area contributed by atoms with E-state index in [-0.39, 0.29) is 0 Å². The van der Waals surface area contributed by atoms with Crippen molar-refractivity contribution in [1.82, 2.24) is 0 Å². The van der Waals surface area contributed by atoms with Crippen molar-refractivity contribution in [1.29, 1.82) is 0 Å². The summed E-state index contributed by atoms with van der Waals surface area (Å²) in [7, 11) is -11.1. The molecule has 0 radical (unpaired) electrons. The van der Waals surface area contributed by atoms with Gasteiger partial charge in [0.25, 0.3) is 0 Å². The molecule has 4 nitrogen and oxygen atoms in total. The predicted octanol–water partition coefficient (Wildman–Crippen LogP) is 24.7. The lowest BCUT2D eigenvalue weighted by molar-refractivity contribution is 0.201. The van der Waals surface area contributed by atoms with Crippen molar-refractivity contribution < 1.29 is 16.5 Å². The Labute approximate surface area is 460 Å². The largest absolute Gasteiger partial charge is 0.415 e. The van der Waals surface area contributed by atoms with Crippen LogP contribution in [-0.2, 0) is 16.5 Å². The Hall–Kier alpha value is 0.708. The standard InChI is InChI=1S/C64H136O4Si4/c1-9-17-25-33-41-49-57-69(58-50-42-34-26-18-10-2)65-70(59-51-43-35-27-19-11-3,60-52-44-36-28-20-12-4)67-72(63-55-47-39-31-23-15-7,64-56-48-40-32-24-16-8)68-71(66-69,61-53-45-37-29-21-13-5)62-54-46-38-30-22-14-6/h9-64H2,1-8H3. The molecule has 0 atom stereocenters. The van der Waals surface area contributed by atoms with E-state index in [9.17, 15) is 0 Å². The summed E-state index contributed by atoms with van der Waals surface area (Å²) in [6.45, 7) is 19.0. The molecule has 432 valence electrons. The zero-order valence-electron chi connectivity index (χ0n) is 51.2. The van der Waals surface area contributed by atoms with Crippen LogP contribution >= 0.6 is 0 Å². The topological polar surface area (TPSA) is 36.9 Å². The smallest absolute Gasteiger partial charge is 0.320 e. The zero-order chi connectivity index (χ0) is 52.4. The molecule has 1 rings (SSSR count). The van der Waals surface area contributed by atoms with Gasteiger partial charge in [0.15, 0.2) is 0 Å². The predicted molar refractivity (Wildman–Crippen MR) is 333 cm³/mol. The molecule has 0 bridgehead atoms. The Morgan fingerprint density at radius 3 is 0.347 bits per heavy atom. The maximum atomic E-state index is 8.75. The summed E-state index contributed by atoms with van der Waals surface area (Å²) in [6, 6.07) is 9.51. The van der Waals surface area contributed by atoms with Crippen LogP contribution in [0, 0.1) is 0 Å². The molecule has 0 aromatic carbocycles. The molecule has 0 unspecified atom stereocenters. The van der Waals surface area contributed by atoms with E-state index in [0.29, 0.717) is 0 Å². The molecule has 1 aliphatic rings. The number of rotatable bonds is 56. The van der Waals surface area contributed by atoms with Gasteiger partial charge >= 0.3 is 34.2 Å². The Balaban J connectivity index is 4.26. The third-order valence-corrected chi connectivity index (χ3v) is 37.6. The molecule has 1 heterocycles. The molecule has 0 saturated carbocycles. The second-order valence-electron chi connectivity index (χ2n) is 24.2. The third-order valence-electron chi connectivity index (χ3n) is 16.8. The van der Waals surface area contributed by atoms with Crippen molar-refractivity contribution >= 4 is 34.2 Å². The molecule has 1 aliphatic heterocycles. The fourth-order valence-corrected chi connectivity index (χ4v) is 39.0. The van der Waals surface area contributed by atoms with Crippen LogP contribution in [0.3, 0.4) is 0 Å². The average molecular weight is 1080 g/mol. The summed E-state index contributed by atoms with van der Waals surface area (Å²) in [5.74, 6) is 0. The molecule has 0 N–H and O–H groups in total. The molecule has 0 aromatic heterocycles. The van der Waals surface area contributed by atoms with Crippen molar-refractivity contribution in [2.75, 3.05) is 0 Å². The fourth-order valence-electron chi connectivity index (χ4n) is 12.2.